The fraction of sp³-hybridized carbons (Fsp3) is 0.188. The van der Waals surface area contributed by atoms with Crippen molar-refractivity contribution in [3.63, 3.8) is 0 Å². The molecule has 2 aromatic rings. The molecule has 21 heavy (non-hydrogen) atoms. The van der Waals surface area contributed by atoms with E-state index in [4.69, 9.17) is 27.9 Å². The Bertz CT molecular complexity index is 684. The maximum absolute atomic E-state index is 11.8. The minimum atomic E-state index is -0.429. The normalized spacial score (nSPS) is 10.3. The number of hydrogen-bond donors (Lipinski definition) is 0. The van der Waals surface area contributed by atoms with E-state index in [9.17, 15) is 4.79 Å². The zero-order valence-electron chi connectivity index (χ0n) is 12.0. The lowest BCUT2D eigenvalue weighted by Crippen LogP contribution is -2.25. The van der Waals surface area contributed by atoms with Gasteiger partial charge in [-0.25, -0.2) is 4.79 Å². The predicted molar refractivity (Wildman–Crippen MR) is 86.3 cm³/mol. The summed E-state index contributed by atoms with van der Waals surface area (Å²) in [5, 5.41) is 0.944. The highest BCUT2D eigenvalue weighted by atomic mass is 35.5. The summed E-state index contributed by atoms with van der Waals surface area (Å²) in [4.78, 5) is 13.2. The van der Waals surface area contributed by atoms with E-state index in [1.54, 1.807) is 26.2 Å². The zero-order chi connectivity index (χ0) is 15.6. The first kappa shape index (κ1) is 15.7. The van der Waals surface area contributed by atoms with Crippen molar-refractivity contribution in [2.75, 3.05) is 14.1 Å². The molecule has 2 aromatic carbocycles. The van der Waals surface area contributed by atoms with Gasteiger partial charge >= 0.3 is 6.09 Å². The Balaban J connectivity index is 2.47. The third kappa shape index (κ3) is 3.69. The summed E-state index contributed by atoms with van der Waals surface area (Å²) in [5.74, 6) is 0.493. The molecule has 0 aromatic heterocycles. The minimum absolute atomic E-state index is 0.429. The molecule has 0 spiro atoms. The molecular formula is C16H15Cl2NO2. The monoisotopic (exact) mass is 323 g/mol. The summed E-state index contributed by atoms with van der Waals surface area (Å²) >= 11 is 12.0. The molecule has 0 heterocycles. The molecule has 0 atom stereocenters. The summed E-state index contributed by atoms with van der Waals surface area (Å²) in [6.07, 6.45) is -0.429. The van der Waals surface area contributed by atoms with Crippen LogP contribution in [0.5, 0.6) is 5.75 Å². The SMILES string of the molecule is Cc1ccc(-c2ccc(Cl)c(Cl)c2)c(OC(=O)N(C)C)c1. The van der Waals surface area contributed by atoms with Crippen LogP contribution in [-0.2, 0) is 0 Å². The highest BCUT2D eigenvalue weighted by Crippen LogP contribution is 2.34. The number of aryl methyl sites for hydroxylation is 1. The number of carbonyl (C=O) groups excluding carboxylic acids is 1. The van der Waals surface area contributed by atoms with E-state index in [1.807, 2.05) is 31.2 Å². The van der Waals surface area contributed by atoms with Gasteiger partial charge in [0.1, 0.15) is 5.75 Å². The van der Waals surface area contributed by atoms with Crippen LogP contribution in [0.2, 0.25) is 10.0 Å². The van der Waals surface area contributed by atoms with Crippen molar-refractivity contribution >= 4 is 29.3 Å². The maximum Gasteiger partial charge on any atom is 0.414 e. The largest absolute Gasteiger partial charge is 0.414 e. The number of nitrogens with zero attached hydrogens (tertiary/aromatic N) is 1. The van der Waals surface area contributed by atoms with Gasteiger partial charge in [0.25, 0.3) is 0 Å². The molecule has 0 aliphatic rings. The van der Waals surface area contributed by atoms with Crippen molar-refractivity contribution in [3.05, 3.63) is 52.0 Å². The first-order valence-corrected chi connectivity index (χ1v) is 7.09. The summed E-state index contributed by atoms with van der Waals surface area (Å²) in [7, 11) is 3.27. The molecule has 1 amide bonds. The topological polar surface area (TPSA) is 29.5 Å². The highest BCUT2D eigenvalue weighted by molar-refractivity contribution is 6.42. The van der Waals surface area contributed by atoms with Crippen LogP contribution < -0.4 is 4.74 Å². The molecule has 0 aliphatic carbocycles. The van der Waals surface area contributed by atoms with Crippen LogP contribution in [0, 0.1) is 6.92 Å². The van der Waals surface area contributed by atoms with Gasteiger partial charge in [0.2, 0.25) is 0 Å². The number of amides is 1. The second kappa shape index (κ2) is 6.37. The Kier molecular flexibility index (Phi) is 4.76. The van der Waals surface area contributed by atoms with Crippen LogP contribution in [0.1, 0.15) is 5.56 Å². The van der Waals surface area contributed by atoms with Gasteiger partial charge in [-0.2, -0.15) is 0 Å². The number of halogens is 2. The molecule has 0 radical (unpaired) electrons. The summed E-state index contributed by atoms with van der Waals surface area (Å²) in [6.45, 7) is 1.94. The third-order valence-corrected chi connectivity index (χ3v) is 3.67. The van der Waals surface area contributed by atoms with Crippen molar-refractivity contribution in [2.45, 2.75) is 6.92 Å². The van der Waals surface area contributed by atoms with Crippen molar-refractivity contribution < 1.29 is 9.53 Å². The molecule has 5 heteroatoms. The molecule has 0 saturated heterocycles. The van der Waals surface area contributed by atoms with Gasteiger partial charge in [-0.05, 0) is 36.2 Å². The lowest BCUT2D eigenvalue weighted by atomic mass is 10.0. The van der Waals surface area contributed by atoms with E-state index in [0.717, 1.165) is 16.7 Å². The second-order valence-corrected chi connectivity index (χ2v) is 5.71. The second-order valence-electron chi connectivity index (χ2n) is 4.89. The van der Waals surface area contributed by atoms with Crippen molar-refractivity contribution in [2.24, 2.45) is 0 Å². The van der Waals surface area contributed by atoms with E-state index >= 15 is 0 Å². The fourth-order valence-corrected chi connectivity index (χ4v) is 2.10. The van der Waals surface area contributed by atoms with Gasteiger partial charge in [0.05, 0.1) is 10.0 Å². The van der Waals surface area contributed by atoms with E-state index < -0.39 is 6.09 Å². The molecule has 3 nitrogen and oxygen atoms in total. The van der Waals surface area contributed by atoms with E-state index in [0.29, 0.717) is 15.8 Å². The Morgan fingerprint density at radius 1 is 1.05 bits per heavy atom. The molecule has 0 N–H and O–H groups in total. The van der Waals surface area contributed by atoms with Crippen LogP contribution in [0.25, 0.3) is 11.1 Å². The molecular weight excluding hydrogens is 309 g/mol. The Morgan fingerprint density at radius 3 is 2.38 bits per heavy atom. The summed E-state index contributed by atoms with van der Waals surface area (Å²) in [6, 6.07) is 11.0. The highest BCUT2D eigenvalue weighted by Gasteiger charge is 2.13. The molecule has 0 saturated carbocycles. The third-order valence-electron chi connectivity index (χ3n) is 2.93. The number of benzene rings is 2. The van der Waals surface area contributed by atoms with E-state index in [2.05, 4.69) is 0 Å². The number of hydrogen-bond acceptors (Lipinski definition) is 2. The van der Waals surface area contributed by atoms with Crippen molar-refractivity contribution in [1.29, 1.82) is 0 Å². The number of carbonyl (C=O) groups is 1. The smallest absolute Gasteiger partial charge is 0.410 e. The van der Waals surface area contributed by atoms with Crippen LogP contribution in [0.4, 0.5) is 4.79 Å². The summed E-state index contributed by atoms with van der Waals surface area (Å²) < 4.78 is 5.42. The van der Waals surface area contributed by atoms with E-state index in [1.165, 1.54) is 4.90 Å². The maximum atomic E-state index is 11.8. The first-order chi connectivity index (χ1) is 9.88. The standard InChI is InChI=1S/C16H15Cl2NO2/c1-10-4-6-12(11-5-7-13(17)14(18)9-11)15(8-10)21-16(20)19(2)3/h4-9H,1-3H3. The molecule has 0 fully saturated rings. The average molecular weight is 324 g/mol. The minimum Gasteiger partial charge on any atom is -0.410 e. The molecule has 0 unspecified atom stereocenters. The average Bonchev–Trinajstić information content (AvgIpc) is 2.42. The Labute approximate surface area is 134 Å². The molecule has 2 rings (SSSR count). The van der Waals surface area contributed by atoms with Crippen LogP contribution in [0.15, 0.2) is 36.4 Å². The molecule has 0 aliphatic heterocycles. The van der Waals surface area contributed by atoms with Gasteiger partial charge in [0.15, 0.2) is 0 Å². The summed E-state index contributed by atoms with van der Waals surface area (Å²) in [5.41, 5.74) is 2.63. The quantitative estimate of drug-likeness (QED) is 0.775. The van der Waals surface area contributed by atoms with Gasteiger partial charge in [-0.15, -0.1) is 0 Å². The Hall–Kier alpha value is -1.71. The van der Waals surface area contributed by atoms with Crippen molar-refractivity contribution in [1.82, 2.24) is 4.90 Å². The predicted octanol–water partition coefficient (Wildman–Crippen LogP) is 5.03. The van der Waals surface area contributed by atoms with Gasteiger partial charge < -0.3 is 9.64 Å². The number of ether oxygens (including phenoxy) is 1. The fourth-order valence-electron chi connectivity index (χ4n) is 1.80. The lowest BCUT2D eigenvalue weighted by Gasteiger charge is -2.15. The Morgan fingerprint density at radius 2 is 1.76 bits per heavy atom. The van der Waals surface area contributed by atoms with Gasteiger partial charge in [-0.3, -0.25) is 0 Å². The van der Waals surface area contributed by atoms with Crippen LogP contribution >= 0.6 is 23.2 Å². The van der Waals surface area contributed by atoms with Crippen LogP contribution in [-0.4, -0.2) is 25.1 Å². The van der Waals surface area contributed by atoms with E-state index in [-0.39, 0.29) is 0 Å². The molecule has 110 valence electrons. The molecule has 0 bridgehead atoms. The lowest BCUT2D eigenvalue weighted by molar-refractivity contribution is 0.172. The number of rotatable bonds is 2. The first-order valence-electron chi connectivity index (χ1n) is 6.33. The van der Waals surface area contributed by atoms with Crippen LogP contribution in [0.3, 0.4) is 0 Å². The van der Waals surface area contributed by atoms with Crippen molar-refractivity contribution in [3.8, 4) is 16.9 Å². The van der Waals surface area contributed by atoms with Gasteiger partial charge in [-0.1, -0.05) is 41.4 Å². The van der Waals surface area contributed by atoms with Gasteiger partial charge in [0, 0.05) is 19.7 Å². The zero-order valence-corrected chi connectivity index (χ0v) is 13.5.